The maximum Gasteiger partial charge on any atom is 0.229 e. The second-order valence-electron chi connectivity index (χ2n) is 4.39. The number of hydrogen-bond acceptors (Lipinski definition) is 5. The summed E-state index contributed by atoms with van der Waals surface area (Å²) in [5.41, 5.74) is 0.833. The molecule has 1 heterocycles. The second-order valence-corrected chi connectivity index (χ2v) is 4.39. The van der Waals surface area contributed by atoms with E-state index in [1.807, 2.05) is 0 Å². The first-order valence-electron chi connectivity index (χ1n) is 6.39. The van der Waals surface area contributed by atoms with E-state index in [0.717, 1.165) is 11.8 Å². The highest BCUT2D eigenvalue weighted by atomic mass is 19.1. The standard InChI is InChI=1S/C14H16F2N4O/c1-9-7-13(17-5-6-21-2)20-14(18-9)19-12-4-3-10(15)8-11(12)16/h3-4,7-8H,5-6H2,1-2H3,(H2,17,18,19,20). The number of hydrogen-bond donors (Lipinski definition) is 2. The van der Waals surface area contributed by atoms with Crippen LogP contribution in [0.5, 0.6) is 0 Å². The fourth-order valence-electron chi connectivity index (χ4n) is 1.71. The van der Waals surface area contributed by atoms with E-state index in [2.05, 4.69) is 20.6 Å². The Balaban J connectivity index is 2.15. The SMILES string of the molecule is COCCNc1cc(C)nc(Nc2ccc(F)cc2F)n1. The quantitative estimate of drug-likeness (QED) is 0.802. The Morgan fingerprint density at radius 3 is 2.71 bits per heavy atom. The van der Waals surface area contributed by atoms with E-state index in [-0.39, 0.29) is 11.6 Å². The summed E-state index contributed by atoms with van der Waals surface area (Å²) in [4.78, 5) is 8.38. The molecule has 2 rings (SSSR count). The molecule has 0 aliphatic heterocycles. The lowest BCUT2D eigenvalue weighted by Gasteiger charge is -2.10. The van der Waals surface area contributed by atoms with Gasteiger partial charge in [0.2, 0.25) is 5.95 Å². The highest BCUT2D eigenvalue weighted by Gasteiger charge is 2.07. The van der Waals surface area contributed by atoms with Gasteiger partial charge in [-0.2, -0.15) is 4.98 Å². The molecular formula is C14H16F2N4O. The van der Waals surface area contributed by atoms with Gasteiger partial charge in [-0.1, -0.05) is 0 Å². The zero-order valence-corrected chi connectivity index (χ0v) is 11.8. The molecule has 0 unspecified atom stereocenters. The van der Waals surface area contributed by atoms with Crippen LogP contribution >= 0.6 is 0 Å². The van der Waals surface area contributed by atoms with Gasteiger partial charge in [0, 0.05) is 31.5 Å². The van der Waals surface area contributed by atoms with Crippen LogP contribution in [0.15, 0.2) is 24.3 Å². The first-order valence-corrected chi connectivity index (χ1v) is 6.39. The van der Waals surface area contributed by atoms with Crippen molar-refractivity contribution in [3.05, 3.63) is 41.6 Å². The number of methoxy groups -OCH3 is 1. The Morgan fingerprint density at radius 1 is 1.19 bits per heavy atom. The Bertz CT molecular complexity index is 622. The van der Waals surface area contributed by atoms with Gasteiger partial charge in [-0.15, -0.1) is 0 Å². The van der Waals surface area contributed by atoms with Gasteiger partial charge in [-0.25, -0.2) is 13.8 Å². The predicted octanol–water partition coefficient (Wildman–Crippen LogP) is 2.87. The Morgan fingerprint density at radius 2 is 2.00 bits per heavy atom. The molecule has 0 saturated heterocycles. The average molecular weight is 294 g/mol. The van der Waals surface area contributed by atoms with Crippen molar-refractivity contribution in [2.75, 3.05) is 30.9 Å². The molecule has 21 heavy (non-hydrogen) atoms. The highest BCUT2D eigenvalue weighted by Crippen LogP contribution is 2.19. The summed E-state index contributed by atoms with van der Waals surface area (Å²) < 4.78 is 31.4. The second kappa shape index (κ2) is 6.94. The third kappa shape index (κ3) is 4.35. The summed E-state index contributed by atoms with van der Waals surface area (Å²) in [7, 11) is 1.61. The molecule has 0 spiro atoms. The molecule has 0 amide bonds. The lowest BCUT2D eigenvalue weighted by atomic mass is 10.3. The largest absolute Gasteiger partial charge is 0.383 e. The molecule has 1 aromatic heterocycles. The maximum atomic E-state index is 13.6. The molecule has 0 atom stereocenters. The van der Waals surface area contributed by atoms with Crippen LogP contribution in [-0.4, -0.2) is 30.2 Å². The van der Waals surface area contributed by atoms with Crippen LogP contribution in [0.1, 0.15) is 5.69 Å². The number of rotatable bonds is 6. The van der Waals surface area contributed by atoms with Crippen LogP contribution in [0.3, 0.4) is 0 Å². The molecule has 0 radical (unpaired) electrons. The molecule has 0 aliphatic rings. The smallest absolute Gasteiger partial charge is 0.229 e. The molecular weight excluding hydrogens is 278 g/mol. The lowest BCUT2D eigenvalue weighted by Crippen LogP contribution is -2.10. The summed E-state index contributed by atoms with van der Waals surface area (Å²) >= 11 is 0. The minimum atomic E-state index is -0.700. The Labute approximate surface area is 121 Å². The first kappa shape index (κ1) is 15.1. The topological polar surface area (TPSA) is 59.1 Å². The number of aromatic nitrogens is 2. The zero-order valence-electron chi connectivity index (χ0n) is 11.8. The van der Waals surface area contributed by atoms with Crippen LogP contribution in [0.25, 0.3) is 0 Å². The number of nitrogens with one attached hydrogen (secondary N) is 2. The van der Waals surface area contributed by atoms with E-state index < -0.39 is 11.6 Å². The number of anilines is 3. The monoisotopic (exact) mass is 294 g/mol. The van der Waals surface area contributed by atoms with Gasteiger partial charge in [0.15, 0.2) is 0 Å². The fourth-order valence-corrected chi connectivity index (χ4v) is 1.71. The predicted molar refractivity (Wildman–Crippen MR) is 76.8 cm³/mol. The number of ether oxygens (including phenoxy) is 1. The number of aryl methyl sites for hydroxylation is 1. The summed E-state index contributed by atoms with van der Waals surface area (Å²) in [6, 6.07) is 5.03. The Kier molecular flexibility index (Phi) is 4.99. The minimum Gasteiger partial charge on any atom is -0.383 e. The van der Waals surface area contributed by atoms with Crippen molar-refractivity contribution in [2.45, 2.75) is 6.92 Å². The van der Waals surface area contributed by atoms with Gasteiger partial charge < -0.3 is 15.4 Å². The average Bonchev–Trinajstić information content (AvgIpc) is 2.42. The number of nitrogens with zero attached hydrogens (tertiary/aromatic N) is 2. The Hall–Kier alpha value is -2.28. The van der Waals surface area contributed by atoms with Gasteiger partial charge >= 0.3 is 0 Å². The normalized spacial score (nSPS) is 10.5. The van der Waals surface area contributed by atoms with Crippen molar-refractivity contribution in [1.82, 2.24) is 9.97 Å². The zero-order chi connectivity index (χ0) is 15.2. The van der Waals surface area contributed by atoms with Crippen molar-refractivity contribution in [3.63, 3.8) is 0 Å². The molecule has 2 aromatic rings. The van der Waals surface area contributed by atoms with Gasteiger partial charge in [0.25, 0.3) is 0 Å². The number of halogens is 2. The van der Waals surface area contributed by atoms with Crippen molar-refractivity contribution in [2.24, 2.45) is 0 Å². The molecule has 112 valence electrons. The van der Waals surface area contributed by atoms with Gasteiger partial charge in [-0.05, 0) is 19.1 Å². The molecule has 1 aromatic carbocycles. The van der Waals surface area contributed by atoms with Crippen LogP contribution in [0.4, 0.5) is 26.2 Å². The molecule has 2 N–H and O–H groups in total. The molecule has 0 aliphatic carbocycles. The van der Waals surface area contributed by atoms with Crippen LogP contribution in [0, 0.1) is 18.6 Å². The van der Waals surface area contributed by atoms with E-state index in [0.29, 0.717) is 19.0 Å². The van der Waals surface area contributed by atoms with Gasteiger partial charge in [-0.3, -0.25) is 0 Å². The van der Waals surface area contributed by atoms with E-state index in [4.69, 9.17) is 4.74 Å². The third-order valence-electron chi connectivity index (χ3n) is 2.64. The number of benzene rings is 1. The maximum absolute atomic E-state index is 13.6. The van der Waals surface area contributed by atoms with E-state index in [1.165, 1.54) is 12.1 Å². The van der Waals surface area contributed by atoms with Gasteiger partial charge in [0.05, 0.1) is 12.3 Å². The van der Waals surface area contributed by atoms with E-state index in [9.17, 15) is 8.78 Å². The summed E-state index contributed by atoms with van der Waals surface area (Å²) in [6.07, 6.45) is 0. The van der Waals surface area contributed by atoms with Crippen molar-refractivity contribution < 1.29 is 13.5 Å². The lowest BCUT2D eigenvalue weighted by molar-refractivity contribution is 0.210. The van der Waals surface area contributed by atoms with Crippen LogP contribution in [0.2, 0.25) is 0 Å². The molecule has 5 nitrogen and oxygen atoms in total. The first-order chi connectivity index (χ1) is 10.1. The van der Waals surface area contributed by atoms with Gasteiger partial charge in [0.1, 0.15) is 17.5 Å². The van der Waals surface area contributed by atoms with Crippen LogP contribution < -0.4 is 10.6 Å². The minimum absolute atomic E-state index is 0.116. The highest BCUT2D eigenvalue weighted by molar-refractivity contribution is 5.56. The molecule has 7 heteroatoms. The van der Waals surface area contributed by atoms with Crippen molar-refractivity contribution in [1.29, 1.82) is 0 Å². The summed E-state index contributed by atoms with van der Waals surface area (Å²) in [5, 5.41) is 5.80. The van der Waals surface area contributed by atoms with E-state index >= 15 is 0 Å². The third-order valence-corrected chi connectivity index (χ3v) is 2.64. The summed E-state index contributed by atoms with van der Waals surface area (Å²) in [6.45, 7) is 2.94. The fraction of sp³-hybridized carbons (Fsp3) is 0.286. The molecule has 0 saturated carbocycles. The van der Waals surface area contributed by atoms with Crippen molar-refractivity contribution in [3.8, 4) is 0 Å². The van der Waals surface area contributed by atoms with Crippen molar-refractivity contribution >= 4 is 17.5 Å². The van der Waals surface area contributed by atoms with Crippen LogP contribution in [-0.2, 0) is 4.74 Å². The van der Waals surface area contributed by atoms with E-state index in [1.54, 1.807) is 20.1 Å². The molecule has 0 fully saturated rings. The summed E-state index contributed by atoms with van der Waals surface area (Å²) in [5.74, 6) is -0.496. The molecule has 0 bridgehead atoms.